The van der Waals surface area contributed by atoms with E-state index in [0.717, 1.165) is 16.6 Å². The number of amides is 2. The number of methoxy groups -OCH3 is 1. The molecule has 38 heavy (non-hydrogen) atoms. The van der Waals surface area contributed by atoms with Gasteiger partial charge in [-0.15, -0.1) is 0 Å². The Morgan fingerprint density at radius 2 is 1.89 bits per heavy atom. The number of nitrogens with zero attached hydrogens (tertiary/aromatic N) is 3. The normalized spacial score (nSPS) is 20.1. The van der Waals surface area contributed by atoms with Gasteiger partial charge in [0.2, 0.25) is 5.91 Å². The second kappa shape index (κ2) is 11.0. The maximum atomic E-state index is 12.9. The number of ether oxygens (including phenoxy) is 3. The number of pyridine rings is 1. The van der Waals surface area contributed by atoms with Crippen LogP contribution >= 0.6 is 0 Å². The number of carbonyl (C=O) groups excluding carboxylic acids is 2. The van der Waals surface area contributed by atoms with Gasteiger partial charge < -0.3 is 19.9 Å². The molecule has 0 unspecified atom stereocenters. The van der Waals surface area contributed by atoms with Crippen LogP contribution in [0.4, 0.5) is 4.79 Å². The largest absolute Gasteiger partial charge is 0.496 e. The molecular weight excluding hydrogens is 484 g/mol. The minimum atomic E-state index is -0.859. The van der Waals surface area contributed by atoms with E-state index >= 15 is 0 Å². The molecule has 9 heteroatoms. The topological polar surface area (TPSA) is 116 Å². The standard InChI is InChI=1S/C29H40N4O5/c1-15(2)18(5)31-19(6)21-13-23(20-11-12-22(36-10)16(3)25(20)32-21)37-24-14-33(26(17(24)4)27(30)34)28(35)38-29(7,8)9/h11-13,15,17,24,26H,5,14H2,1-4,6-10H3,(H2,30,34)/t17-,24+,26+/m1/s1. The molecule has 0 spiro atoms. The summed E-state index contributed by atoms with van der Waals surface area (Å²) in [5.41, 5.74) is 8.65. The van der Waals surface area contributed by atoms with Crippen molar-refractivity contribution >= 4 is 28.6 Å². The van der Waals surface area contributed by atoms with E-state index in [1.807, 2.05) is 52.8 Å². The van der Waals surface area contributed by atoms with E-state index in [4.69, 9.17) is 24.9 Å². The molecule has 206 valence electrons. The zero-order chi connectivity index (χ0) is 28.5. The van der Waals surface area contributed by atoms with E-state index in [1.165, 1.54) is 4.90 Å². The zero-order valence-corrected chi connectivity index (χ0v) is 23.9. The molecule has 3 atom stereocenters. The van der Waals surface area contributed by atoms with Gasteiger partial charge in [0.1, 0.15) is 29.2 Å². The van der Waals surface area contributed by atoms with Gasteiger partial charge >= 0.3 is 6.09 Å². The van der Waals surface area contributed by atoms with Crippen molar-refractivity contribution in [3.63, 3.8) is 0 Å². The Kier molecular flexibility index (Phi) is 8.39. The molecule has 0 radical (unpaired) electrons. The Labute approximate surface area is 225 Å². The Hall–Kier alpha value is -3.62. The summed E-state index contributed by atoms with van der Waals surface area (Å²) in [4.78, 5) is 36.2. The molecule has 1 saturated heterocycles. The number of hydrogen-bond donors (Lipinski definition) is 1. The number of carbonyl (C=O) groups is 2. The number of aryl methyl sites for hydroxylation is 1. The number of allylic oxidation sites excluding steroid dienone is 1. The lowest BCUT2D eigenvalue weighted by molar-refractivity contribution is -0.123. The fourth-order valence-corrected chi connectivity index (χ4v) is 4.47. The second-order valence-electron chi connectivity index (χ2n) is 11.1. The minimum absolute atomic E-state index is 0.148. The van der Waals surface area contributed by atoms with Crippen molar-refractivity contribution in [1.29, 1.82) is 0 Å². The number of benzene rings is 1. The van der Waals surface area contributed by atoms with Crippen LogP contribution in [0.3, 0.4) is 0 Å². The van der Waals surface area contributed by atoms with Gasteiger partial charge in [-0.2, -0.15) is 0 Å². The number of fused-ring (bicyclic) bond motifs is 1. The van der Waals surface area contributed by atoms with Crippen LogP contribution in [0.5, 0.6) is 11.5 Å². The third-order valence-corrected chi connectivity index (χ3v) is 6.71. The zero-order valence-electron chi connectivity index (χ0n) is 23.9. The monoisotopic (exact) mass is 524 g/mol. The highest BCUT2D eigenvalue weighted by Crippen LogP contribution is 2.36. The van der Waals surface area contributed by atoms with E-state index in [9.17, 15) is 9.59 Å². The van der Waals surface area contributed by atoms with Crippen LogP contribution in [0.1, 0.15) is 59.7 Å². The summed E-state index contributed by atoms with van der Waals surface area (Å²) in [6, 6.07) is 4.74. The van der Waals surface area contributed by atoms with E-state index < -0.39 is 29.7 Å². The van der Waals surface area contributed by atoms with Crippen LogP contribution < -0.4 is 15.2 Å². The lowest BCUT2D eigenvalue weighted by Crippen LogP contribution is -2.47. The van der Waals surface area contributed by atoms with Gasteiger partial charge in [-0.05, 0) is 52.7 Å². The quantitative estimate of drug-likeness (QED) is 0.509. The summed E-state index contributed by atoms with van der Waals surface area (Å²) in [5.74, 6) is 0.471. The summed E-state index contributed by atoms with van der Waals surface area (Å²) < 4.78 is 17.6. The molecule has 2 heterocycles. The highest BCUT2D eigenvalue weighted by atomic mass is 16.6. The number of aliphatic imine (C=N–C) groups is 1. The Morgan fingerprint density at radius 1 is 1.24 bits per heavy atom. The van der Waals surface area contributed by atoms with Crippen LogP contribution in [0.25, 0.3) is 10.9 Å². The third kappa shape index (κ3) is 6.09. The SMILES string of the molecule is C=C(N=C(C)c1cc(O[C@H]2CN(C(=O)OC(C)(C)C)[C@H](C(N)=O)[C@@H]2C)c2ccc(OC)c(C)c2n1)C(C)C. The van der Waals surface area contributed by atoms with Crippen molar-refractivity contribution in [3.8, 4) is 11.5 Å². The minimum Gasteiger partial charge on any atom is -0.496 e. The molecule has 3 rings (SSSR count). The number of nitrogens with two attached hydrogens (primary N) is 1. The van der Waals surface area contributed by atoms with E-state index in [0.29, 0.717) is 28.4 Å². The molecule has 1 fully saturated rings. The van der Waals surface area contributed by atoms with Gasteiger partial charge in [0.05, 0.1) is 30.6 Å². The predicted octanol–water partition coefficient (Wildman–Crippen LogP) is 5.02. The first-order valence-electron chi connectivity index (χ1n) is 12.8. The molecule has 1 aliphatic heterocycles. The number of rotatable bonds is 7. The van der Waals surface area contributed by atoms with Crippen molar-refractivity contribution in [3.05, 3.63) is 41.7 Å². The van der Waals surface area contributed by atoms with Crippen LogP contribution in [0, 0.1) is 18.8 Å². The van der Waals surface area contributed by atoms with Gasteiger partial charge in [0.15, 0.2) is 0 Å². The van der Waals surface area contributed by atoms with Crippen LogP contribution in [-0.2, 0) is 9.53 Å². The Balaban J connectivity index is 2.08. The predicted molar refractivity (Wildman–Crippen MR) is 149 cm³/mol. The van der Waals surface area contributed by atoms with Crippen LogP contribution in [-0.4, -0.2) is 59.0 Å². The first kappa shape index (κ1) is 28.9. The molecule has 9 nitrogen and oxygen atoms in total. The van der Waals surface area contributed by atoms with Crippen molar-refractivity contribution in [1.82, 2.24) is 9.88 Å². The first-order chi connectivity index (χ1) is 17.6. The summed E-state index contributed by atoms with van der Waals surface area (Å²) in [5, 5.41) is 0.779. The number of primary amides is 1. The van der Waals surface area contributed by atoms with Crippen molar-refractivity contribution in [2.75, 3.05) is 13.7 Å². The van der Waals surface area contributed by atoms with Gasteiger partial charge in [-0.1, -0.05) is 27.4 Å². The molecule has 1 aromatic carbocycles. The third-order valence-electron chi connectivity index (χ3n) is 6.71. The summed E-state index contributed by atoms with van der Waals surface area (Å²) in [7, 11) is 1.62. The maximum Gasteiger partial charge on any atom is 0.411 e. The molecule has 0 saturated carbocycles. The first-order valence-corrected chi connectivity index (χ1v) is 12.8. The van der Waals surface area contributed by atoms with Gasteiger partial charge in [-0.3, -0.25) is 14.7 Å². The molecule has 2 amide bonds. The van der Waals surface area contributed by atoms with E-state index in [-0.39, 0.29) is 18.4 Å². The maximum absolute atomic E-state index is 12.9. The number of hydrogen-bond acceptors (Lipinski definition) is 7. The van der Waals surface area contributed by atoms with Crippen LogP contribution in [0.15, 0.2) is 35.5 Å². The molecule has 2 aromatic rings. The molecular formula is C29H40N4O5. The summed E-state index contributed by atoms with van der Waals surface area (Å²) in [6.07, 6.45) is -1.11. The van der Waals surface area contributed by atoms with Crippen molar-refractivity contribution < 1.29 is 23.8 Å². The lowest BCUT2D eigenvalue weighted by Gasteiger charge is -2.27. The van der Waals surface area contributed by atoms with Crippen molar-refractivity contribution in [2.45, 2.75) is 73.1 Å². The lowest BCUT2D eigenvalue weighted by atomic mass is 10.00. The van der Waals surface area contributed by atoms with Gasteiger partial charge in [0.25, 0.3) is 0 Å². The smallest absolute Gasteiger partial charge is 0.411 e. The van der Waals surface area contributed by atoms with E-state index in [2.05, 4.69) is 11.6 Å². The average Bonchev–Trinajstić information content (AvgIpc) is 3.14. The van der Waals surface area contributed by atoms with Crippen molar-refractivity contribution in [2.24, 2.45) is 22.6 Å². The van der Waals surface area contributed by atoms with Crippen LogP contribution in [0.2, 0.25) is 0 Å². The molecule has 1 aliphatic rings. The highest BCUT2D eigenvalue weighted by molar-refractivity contribution is 6.01. The average molecular weight is 525 g/mol. The fraction of sp³-hybridized carbons (Fsp3) is 0.517. The van der Waals surface area contributed by atoms with E-state index in [1.54, 1.807) is 27.9 Å². The molecule has 0 aliphatic carbocycles. The van der Waals surface area contributed by atoms with Gasteiger partial charge in [-0.25, -0.2) is 9.78 Å². The molecule has 2 N–H and O–H groups in total. The number of likely N-dealkylation sites (tertiary alicyclic amines) is 1. The highest BCUT2D eigenvalue weighted by Gasteiger charge is 2.47. The summed E-state index contributed by atoms with van der Waals surface area (Å²) >= 11 is 0. The Morgan fingerprint density at radius 3 is 2.45 bits per heavy atom. The fourth-order valence-electron chi connectivity index (χ4n) is 4.47. The second-order valence-corrected chi connectivity index (χ2v) is 11.1. The summed E-state index contributed by atoms with van der Waals surface area (Å²) in [6.45, 7) is 19.3. The molecule has 0 bridgehead atoms. The van der Waals surface area contributed by atoms with Gasteiger partial charge in [0, 0.05) is 28.6 Å². The number of aromatic nitrogens is 1. The molecule has 1 aromatic heterocycles. The Bertz CT molecular complexity index is 1280.